The first-order valence-corrected chi connectivity index (χ1v) is 17.9. The van der Waals surface area contributed by atoms with Crippen molar-refractivity contribution in [2.45, 2.75) is 13.8 Å². The van der Waals surface area contributed by atoms with Crippen LogP contribution >= 0.6 is 0 Å². The Balaban J connectivity index is 1.06. The second kappa shape index (κ2) is 16.3. The minimum absolute atomic E-state index is 0.294. The minimum atomic E-state index is -3.64. The fourth-order valence-corrected chi connectivity index (χ4v) is 5.72. The van der Waals surface area contributed by atoms with Gasteiger partial charge in [-0.3, -0.25) is 9.52 Å². The maximum atomic E-state index is 12.9. The number of amides is 1. The highest BCUT2D eigenvalue weighted by molar-refractivity contribution is 7.95. The Bertz CT molecular complexity index is 2420. The van der Waals surface area contributed by atoms with Crippen molar-refractivity contribution in [3.63, 3.8) is 0 Å². The standard InChI is InChI=1S/C39H36N10O3S/c1-4-53(51,52)49-33-13-7-11-31(21-33)46-37-23-38(43-25-42-37)47-34-18-27(3)16-28(19-34)14-15-39(50)48-32-12-6-10-30(20-32)45-36-22-35(40-24-41-36)44-29-9-5-8-26(2)17-29/h4-25,49H,1H2,2-3H3,(H,48,50)(H2,40,41,44,45)(H2,42,43,46,47). The number of carbonyl (C=O) groups is 1. The van der Waals surface area contributed by atoms with Crippen molar-refractivity contribution < 1.29 is 13.2 Å². The van der Waals surface area contributed by atoms with Crippen molar-refractivity contribution in [2.75, 3.05) is 31.3 Å². The van der Waals surface area contributed by atoms with Crippen molar-refractivity contribution in [3.8, 4) is 0 Å². The highest BCUT2D eigenvalue weighted by Gasteiger charge is 2.08. The molecule has 0 aliphatic carbocycles. The van der Waals surface area contributed by atoms with Gasteiger partial charge < -0.3 is 26.6 Å². The molecule has 0 saturated carbocycles. The summed E-state index contributed by atoms with van der Waals surface area (Å²) < 4.78 is 26.1. The normalized spacial score (nSPS) is 11.1. The van der Waals surface area contributed by atoms with Gasteiger partial charge in [0.2, 0.25) is 5.91 Å². The number of aryl methyl sites for hydroxylation is 2. The van der Waals surface area contributed by atoms with Gasteiger partial charge in [0.15, 0.2) is 0 Å². The van der Waals surface area contributed by atoms with E-state index in [0.717, 1.165) is 39.2 Å². The molecule has 2 aromatic heterocycles. The molecule has 6 aromatic rings. The van der Waals surface area contributed by atoms with Crippen molar-refractivity contribution in [1.29, 1.82) is 0 Å². The Hall–Kier alpha value is -7.06. The molecule has 53 heavy (non-hydrogen) atoms. The molecule has 0 aliphatic rings. The van der Waals surface area contributed by atoms with E-state index >= 15 is 0 Å². The van der Waals surface area contributed by atoms with Crippen LogP contribution in [0.15, 0.2) is 134 Å². The lowest BCUT2D eigenvalue weighted by Crippen LogP contribution is -2.08. The number of sulfonamides is 1. The first kappa shape index (κ1) is 35.8. The zero-order valence-corrected chi connectivity index (χ0v) is 29.6. The topological polar surface area (TPSA) is 175 Å². The fraction of sp³-hybridized carbons (Fsp3) is 0.0513. The molecule has 0 radical (unpaired) electrons. The quantitative estimate of drug-likeness (QED) is 0.0595. The summed E-state index contributed by atoms with van der Waals surface area (Å²) in [6.45, 7) is 7.30. The Morgan fingerprint density at radius 2 is 1.08 bits per heavy atom. The Kier molecular flexibility index (Phi) is 11.0. The van der Waals surface area contributed by atoms with E-state index in [2.05, 4.69) is 57.8 Å². The lowest BCUT2D eigenvalue weighted by atomic mass is 10.1. The van der Waals surface area contributed by atoms with Crippen LogP contribution in [0.25, 0.3) is 6.08 Å². The van der Waals surface area contributed by atoms with Crippen LogP contribution in [0, 0.1) is 13.8 Å². The number of anilines is 10. The second-order valence-corrected chi connectivity index (χ2v) is 13.5. The molecule has 0 fully saturated rings. The third-order valence-electron chi connectivity index (χ3n) is 7.44. The van der Waals surface area contributed by atoms with Gasteiger partial charge in [-0.15, -0.1) is 0 Å². The lowest BCUT2D eigenvalue weighted by Gasteiger charge is -2.11. The van der Waals surface area contributed by atoms with E-state index in [0.29, 0.717) is 40.3 Å². The molecule has 0 atom stereocenters. The van der Waals surface area contributed by atoms with Crippen molar-refractivity contribution in [1.82, 2.24) is 19.9 Å². The van der Waals surface area contributed by atoms with Crippen LogP contribution < -0.4 is 31.3 Å². The smallest absolute Gasteiger partial charge is 0.254 e. The monoisotopic (exact) mass is 724 g/mol. The molecule has 0 saturated heterocycles. The Labute approximate surface area is 307 Å². The second-order valence-electron chi connectivity index (χ2n) is 11.9. The molecular formula is C39H36N10O3S. The van der Waals surface area contributed by atoms with Crippen LogP contribution in [-0.2, 0) is 14.8 Å². The molecule has 6 N–H and O–H groups in total. The number of benzene rings is 4. The van der Waals surface area contributed by atoms with E-state index in [1.54, 1.807) is 36.4 Å². The summed E-state index contributed by atoms with van der Waals surface area (Å²) in [5.41, 5.74) is 6.97. The molecule has 4 aromatic carbocycles. The third kappa shape index (κ3) is 10.7. The van der Waals surface area contributed by atoms with Crippen molar-refractivity contribution in [3.05, 3.63) is 151 Å². The Morgan fingerprint density at radius 3 is 1.66 bits per heavy atom. The SMILES string of the molecule is C=CS(=O)(=O)Nc1cccc(Nc2cc(Nc3cc(C)cc(C=CC(=O)Nc4cccc(Nc5cc(Nc6cccc(C)c6)ncn5)c4)c3)ncn2)c1. The van der Waals surface area contributed by atoms with Crippen LogP contribution in [0.4, 0.5) is 57.4 Å². The molecule has 14 heteroatoms. The van der Waals surface area contributed by atoms with Crippen LogP contribution in [0.2, 0.25) is 0 Å². The first-order chi connectivity index (χ1) is 25.6. The van der Waals surface area contributed by atoms with Gasteiger partial charge in [0.25, 0.3) is 10.0 Å². The van der Waals surface area contributed by atoms with E-state index < -0.39 is 10.0 Å². The lowest BCUT2D eigenvalue weighted by molar-refractivity contribution is -0.111. The number of hydrogen-bond acceptors (Lipinski definition) is 11. The van der Waals surface area contributed by atoms with Gasteiger partial charge in [-0.2, -0.15) is 0 Å². The Morgan fingerprint density at radius 1 is 0.585 bits per heavy atom. The van der Waals surface area contributed by atoms with Gasteiger partial charge in [0, 0.05) is 52.1 Å². The summed E-state index contributed by atoms with van der Waals surface area (Å²) in [4.78, 5) is 30.2. The zero-order valence-electron chi connectivity index (χ0n) is 28.8. The largest absolute Gasteiger partial charge is 0.340 e. The summed E-state index contributed by atoms with van der Waals surface area (Å²) in [6, 6.07) is 31.5. The molecule has 0 aliphatic heterocycles. The number of rotatable bonds is 14. The van der Waals surface area contributed by atoms with Gasteiger partial charge in [-0.05, 0) is 97.3 Å². The predicted octanol–water partition coefficient (Wildman–Crippen LogP) is 8.39. The molecule has 2 heterocycles. The van der Waals surface area contributed by atoms with E-state index in [1.165, 1.54) is 18.7 Å². The molecule has 0 spiro atoms. The number of aromatic nitrogens is 4. The van der Waals surface area contributed by atoms with Crippen LogP contribution in [-0.4, -0.2) is 34.3 Å². The summed E-state index contributed by atoms with van der Waals surface area (Å²) in [6.07, 6.45) is 6.10. The van der Waals surface area contributed by atoms with Gasteiger partial charge in [-0.25, -0.2) is 28.4 Å². The van der Waals surface area contributed by atoms with Crippen molar-refractivity contribution >= 4 is 79.4 Å². The molecule has 13 nitrogen and oxygen atoms in total. The molecule has 6 rings (SSSR count). The average Bonchev–Trinajstić information content (AvgIpc) is 3.11. The molecule has 0 unspecified atom stereocenters. The number of carbonyl (C=O) groups excluding carboxylic acids is 1. The van der Waals surface area contributed by atoms with E-state index in [1.807, 2.05) is 86.6 Å². The number of nitrogens with one attached hydrogen (secondary N) is 6. The first-order valence-electron chi connectivity index (χ1n) is 16.3. The highest BCUT2D eigenvalue weighted by atomic mass is 32.2. The fourth-order valence-electron chi connectivity index (χ4n) is 5.18. The summed E-state index contributed by atoms with van der Waals surface area (Å²) in [5, 5.41) is 16.8. The maximum absolute atomic E-state index is 12.9. The van der Waals surface area contributed by atoms with Gasteiger partial charge in [-0.1, -0.05) is 36.9 Å². The average molecular weight is 725 g/mol. The minimum Gasteiger partial charge on any atom is -0.340 e. The van der Waals surface area contributed by atoms with E-state index in [-0.39, 0.29) is 5.91 Å². The number of nitrogens with zero attached hydrogens (tertiary/aromatic N) is 4. The molecule has 1 amide bonds. The molecular weight excluding hydrogens is 689 g/mol. The van der Waals surface area contributed by atoms with Gasteiger partial charge >= 0.3 is 0 Å². The predicted molar refractivity (Wildman–Crippen MR) is 213 cm³/mol. The highest BCUT2D eigenvalue weighted by Crippen LogP contribution is 2.25. The summed E-state index contributed by atoms with van der Waals surface area (Å²) in [5.74, 6) is 1.97. The van der Waals surface area contributed by atoms with Crippen LogP contribution in [0.1, 0.15) is 16.7 Å². The van der Waals surface area contributed by atoms with E-state index in [4.69, 9.17) is 0 Å². The number of hydrogen-bond donors (Lipinski definition) is 6. The molecule has 266 valence electrons. The summed E-state index contributed by atoms with van der Waals surface area (Å²) in [7, 11) is -3.64. The van der Waals surface area contributed by atoms with Gasteiger partial charge in [0.1, 0.15) is 35.9 Å². The third-order valence-corrected chi connectivity index (χ3v) is 8.40. The van der Waals surface area contributed by atoms with E-state index in [9.17, 15) is 13.2 Å². The summed E-state index contributed by atoms with van der Waals surface area (Å²) >= 11 is 0. The maximum Gasteiger partial charge on any atom is 0.254 e. The zero-order chi connectivity index (χ0) is 37.2. The van der Waals surface area contributed by atoms with Crippen LogP contribution in [0.3, 0.4) is 0 Å². The van der Waals surface area contributed by atoms with Gasteiger partial charge in [0.05, 0.1) is 5.69 Å². The van der Waals surface area contributed by atoms with Crippen molar-refractivity contribution in [2.24, 2.45) is 0 Å². The van der Waals surface area contributed by atoms with Crippen LogP contribution in [0.5, 0.6) is 0 Å². The molecule has 0 bridgehead atoms.